The second-order valence-corrected chi connectivity index (χ2v) is 7.80. The molecule has 3 N–H and O–H groups in total. The van der Waals surface area contributed by atoms with E-state index in [-0.39, 0.29) is 27.3 Å². The van der Waals surface area contributed by atoms with Crippen molar-refractivity contribution in [2.24, 2.45) is 5.73 Å². The molecule has 2 aromatic rings. The Kier molecular flexibility index (Phi) is 6.29. The highest BCUT2D eigenvalue weighted by Crippen LogP contribution is 2.34. The fourth-order valence-corrected chi connectivity index (χ4v) is 3.94. The molecule has 10 heteroatoms. The highest BCUT2D eigenvalue weighted by molar-refractivity contribution is 7.92. The molecular weight excluding hydrogens is 394 g/mol. The maximum atomic E-state index is 13.1. The number of ether oxygens (including phenoxy) is 1. The molecule has 2 amide bonds. The van der Waals surface area contributed by atoms with E-state index in [0.29, 0.717) is 5.69 Å². The molecule has 144 valence electrons. The molecule has 0 aliphatic heterocycles. The van der Waals surface area contributed by atoms with Crippen LogP contribution in [0, 0.1) is 0 Å². The van der Waals surface area contributed by atoms with Crippen LogP contribution in [0.5, 0.6) is 5.75 Å². The number of hydrogen-bond acceptors (Lipinski definition) is 5. The summed E-state index contributed by atoms with van der Waals surface area (Å²) in [5.41, 5.74) is 5.76. The zero-order chi connectivity index (χ0) is 20.2. The van der Waals surface area contributed by atoms with E-state index in [2.05, 4.69) is 5.32 Å². The Balaban J connectivity index is 2.54. The lowest BCUT2D eigenvalue weighted by molar-refractivity contribution is -0.116. The Hall–Kier alpha value is -2.78. The molecule has 27 heavy (non-hydrogen) atoms. The molecule has 0 spiro atoms. The van der Waals surface area contributed by atoms with Gasteiger partial charge < -0.3 is 15.8 Å². The number of methoxy groups -OCH3 is 1. The Morgan fingerprint density at radius 2 is 1.81 bits per heavy atom. The van der Waals surface area contributed by atoms with Crippen LogP contribution >= 0.6 is 11.6 Å². The first-order valence-electron chi connectivity index (χ1n) is 7.67. The zero-order valence-electron chi connectivity index (χ0n) is 14.6. The van der Waals surface area contributed by atoms with Gasteiger partial charge in [-0.15, -0.1) is 0 Å². The lowest BCUT2D eigenvalue weighted by Crippen LogP contribution is -2.38. The summed E-state index contributed by atoms with van der Waals surface area (Å²) >= 11 is 5.99. The number of benzene rings is 2. The minimum Gasteiger partial charge on any atom is -0.495 e. The Morgan fingerprint density at radius 1 is 1.19 bits per heavy atom. The summed E-state index contributed by atoms with van der Waals surface area (Å²) in [7, 11) is -2.80. The predicted molar refractivity (Wildman–Crippen MR) is 102 cm³/mol. The van der Waals surface area contributed by atoms with Crippen molar-refractivity contribution in [1.82, 2.24) is 0 Å². The molecule has 8 nitrogen and oxygen atoms in total. The highest BCUT2D eigenvalue weighted by atomic mass is 35.5. The van der Waals surface area contributed by atoms with E-state index >= 15 is 0 Å². The highest BCUT2D eigenvalue weighted by Gasteiger charge is 2.29. The van der Waals surface area contributed by atoms with Crippen LogP contribution in [0.1, 0.15) is 6.92 Å². The van der Waals surface area contributed by atoms with Gasteiger partial charge in [0.1, 0.15) is 12.3 Å². The number of sulfonamides is 1. The largest absolute Gasteiger partial charge is 0.495 e. The SMILES string of the molecule is COc1ccc(Cl)cc1N(CC(N)=O)S(=O)(=O)c1ccc(NC(C)=O)cc1. The first kappa shape index (κ1) is 20.5. The van der Waals surface area contributed by atoms with E-state index in [9.17, 15) is 18.0 Å². The number of primary amides is 1. The van der Waals surface area contributed by atoms with Gasteiger partial charge in [0, 0.05) is 17.6 Å². The summed E-state index contributed by atoms with van der Waals surface area (Å²) in [5, 5.41) is 2.80. The van der Waals surface area contributed by atoms with Gasteiger partial charge in [0.25, 0.3) is 10.0 Å². The first-order valence-corrected chi connectivity index (χ1v) is 9.49. The van der Waals surface area contributed by atoms with Crippen LogP contribution in [-0.2, 0) is 19.6 Å². The Labute approximate surface area is 161 Å². The summed E-state index contributed by atoms with van der Waals surface area (Å²) in [6, 6.07) is 9.88. The van der Waals surface area contributed by atoms with Crippen molar-refractivity contribution in [2.45, 2.75) is 11.8 Å². The van der Waals surface area contributed by atoms with E-state index in [1.54, 1.807) is 0 Å². The quantitative estimate of drug-likeness (QED) is 0.722. The van der Waals surface area contributed by atoms with Crippen molar-refractivity contribution in [1.29, 1.82) is 0 Å². The lowest BCUT2D eigenvalue weighted by atomic mass is 10.3. The molecule has 0 unspecified atom stereocenters. The molecule has 0 fully saturated rings. The van der Waals surface area contributed by atoms with Gasteiger partial charge in [-0.1, -0.05) is 11.6 Å². The van der Waals surface area contributed by atoms with Gasteiger partial charge in [0.05, 0.1) is 17.7 Å². The van der Waals surface area contributed by atoms with E-state index in [1.807, 2.05) is 0 Å². The monoisotopic (exact) mass is 411 g/mol. The summed E-state index contributed by atoms with van der Waals surface area (Å²) < 4.78 is 32.2. The van der Waals surface area contributed by atoms with Crippen LogP contribution < -0.4 is 20.1 Å². The van der Waals surface area contributed by atoms with E-state index < -0.39 is 22.5 Å². The normalized spacial score (nSPS) is 10.9. The molecule has 0 aliphatic carbocycles. The standard InChI is InChI=1S/C17H18ClN3O5S/c1-11(22)20-13-4-6-14(7-5-13)27(24,25)21(10-17(19)23)15-9-12(18)3-8-16(15)26-2/h3-9H,10H2,1-2H3,(H2,19,23)(H,20,22). The molecule has 0 saturated heterocycles. The maximum Gasteiger partial charge on any atom is 0.264 e. The van der Waals surface area contributed by atoms with Gasteiger partial charge in [0.2, 0.25) is 11.8 Å². The molecule has 0 aromatic heterocycles. The van der Waals surface area contributed by atoms with Crippen molar-refractivity contribution in [3.05, 3.63) is 47.5 Å². The number of nitrogens with two attached hydrogens (primary N) is 1. The molecule has 0 saturated carbocycles. The molecule has 0 bridgehead atoms. The average Bonchev–Trinajstić information content (AvgIpc) is 2.59. The van der Waals surface area contributed by atoms with Gasteiger partial charge in [0.15, 0.2) is 0 Å². The number of nitrogens with one attached hydrogen (secondary N) is 1. The second kappa shape index (κ2) is 8.28. The van der Waals surface area contributed by atoms with Gasteiger partial charge in [-0.05, 0) is 42.5 Å². The van der Waals surface area contributed by atoms with Crippen LogP contribution in [0.15, 0.2) is 47.4 Å². The fourth-order valence-electron chi connectivity index (χ4n) is 2.34. The topological polar surface area (TPSA) is 119 Å². The van der Waals surface area contributed by atoms with Crippen LogP contribution in [0.4, 0.5) is 11.4 Å². The van der Waals surface area contributed by atoms with Crippen LogP contribution in [-0.4, -0.2) is 33.9 Å². The van der Waals surface area contributed by atoms with Crippen LogP contribution in [0.2, 0.25) is 5.02 Å². The minimum atomic E-state index is -4.16. The second-order valence-electron chi connectivity index (χ2n) is 5.50. The minimum absolute atomic E-state index is 0.0785. The number of nitrogens with zero attached hydrogens (tertiary/aromatic N) is 1. The van der Waals surface area contributed by atoms with E-state index in [4.69, 9.17) is 22.1 Å². The Morgan fingerprint density at radius 3 is 2.33 bits per heavy atom. The number of carbonyl (C=O) groups excluding carboxylic acids is 2. The van der Waals surface area contributed by atoms with Crippen LogP contribution in [0.3, 0.4) is 0 Å². The predicted octanol–water partition coefficient (Wildman–Crippen LogP) is 1.99. The van der Waals surface area contributed by atoms with E-state index in [0.717, 1.165) is 4.31 Å². The number of carbonyl (C=O) groups is 2. The van der Waals surface area contributed by atoms with Gasteiger partial charge in [-0.3, -0.25) is 13.9 Å². The van der Waals surface area contributed by atoms with Gasteiger partial charge in [-0.2, -0.15) is 0 Å². The zero-order valence-corrected chi connectivity index (χ0v) is 16.2. The summed E-state index contributed by atoms with van der Waals surface area (Å²) in [6.07, 6.45) is 0. The smallest absolute Gasteiger partial charge is 0.264 e. The van der Waals surface area contributed by atoms with Crippen molar-refractivity contribution >= 4 is 44.8 Å². The van der Waals surface area contributed by atoms with Crippen molar-refractivity contribution in [3.8, 4) is 5.75 Å². The van der Waals surface area contributed by atoms with Crippen LogP contribution in [0.25, 0.3) is 0 Å². The number of rotatable bonds is 7. The van der Waals surface area contributed by atoms with Crippen molar-refractivity contribution in [2.75, 3.05) is 23.3 Å². The molecular formula is C17H18ClN3O5S. The molecule has 2 rings (SSSR count). The van der Waals surface area contributed by atoms with Gasteiger partial charge in [-0.25, -0.2) is 8.42 Å². The molecule has 0 radical (unpaired) electrons. The number of halogens is 1. The molecule has 0 aliphatic rings. The van der Waals surface area contributed by atoms with Gasteiger partial charge >= 0.3 is 0 Å². The average molecular weight is 412 g/mol. The van der Waals surface area contributed by atoms with E-state index in [1.165, 1.54) is 56.5 Å². The third-order valence-corrected chi connectivity index (χ3v) is 5.48. The fraction of sp³-hybridized carbons (Fsp3) is 0.176. The Bertz CT molecular complexity index is 961. The lowest BCUT2D eigenvalue weighted by Gasteiger charge is -2.25. The third kappa shape index (κ3) is 4.89. The maximum absolute atomic E-state index is 13.1. The number of hydrogen-bond donors (Lipinski definition) is 2. The summed E-state index contributed by atoms with van der Waals surface area (Å²) in [4.78, 5) is 22.5. The summed E-state index contributed by atoms with van der Waals surface area (Å²) in [5.74, 6) is -0.931. The molecule has 2 aromatic carbocycles. The molecule has 0 heterocycles. The number of anilines is 2. The molecule has 0 atom stereocenters. The number of amides is 2. The van der Waals surface area contributed by atoms with Crippen molar-refractivity contribution in [3.63, 3.8) is 0 Å². The summed E-state index contributed by atoms with van der Waals surface area (Å²) in [6.45, 7) is 0.733. The van der Waals surface area contributed by atoms with Crippen molar-refractivity contribution < 1.29 is 22.7 Å². The first-order chi connectivity index (χ1) is 12.6. The third-order valence-electron chi connectivity index (χ3n) is 3.47.